The standard InChI is InChI=1S/C12H16N2O3/c1-12(2,3)11(17)14-13-10(16)8-5-4-6-9(15)7-8/h4-7,15H,1-3H3,(H,13,16)(H,14,17). The first-order valence-corrected chi connectivity index (χ1v) is 5.20. The van der Waals surface area contributed by atoms with E-state index in [0.29, 0.717) is 0 Å². The summed E-state index contributed by atoms with van der Waals surface area (Å²) < 4.78 is 0. The van der Waals surface area contributed by atoms with Crippen LogP contribution in [0.25, 0.3) is 0 Å². The van der Waals surface area contributed by atoms with Gasteiger partial charge in [0.15, 0.2) is 0 Å². The molecule has 1 aromatic carbocycles. The molecule has 0 aromatic heterocycles. The summed E-state index contributed by atoms with van der Waals surface area (Å²) in [5, 5.41) is 9.20. The molecule has 17 heavy (non-hydrogen) atoms. The van der Waals surface area contributed by atoms with Crippen molar-refractivity contribution in [3.8, 4) is 5.75 Å². The summed E-state index contributed by atoms with van der Waals surface area (Å²) in [5.41, 5.74) is 4.30. The summed E-state index contributed by atoms with van der Waals surface area (Å²) in [7, 11) is 0. The Bertz CT molecular complexity index is 436. The van der Waals surface area contributed by atoms with Crippen LogP contribution in [0.5, 0.6) is 5.75 Å². The molecule has 0 saturated heterocycles. The average molecular weight is 236 g/mol. The normalized spacial score (nSPS) is 10.8. The topological polar surface area (TPSA) is 78.4 Å². The van der Waals surface area contributed by atoms with Gasteiger partial charge in [0.05, 0.1) is 0 Å². The van der Waals surface area contributed by atoms with Gasteiger partial charge in [0, 0.05) is 11.0 Å². The summed E-state index contributed by atoms with van der Waals surface area (Å²) in [5.74, 6) is -0.760. The minimum Gasteiger partial charge on any atom is -0.508 e. The van der Waals surface area contributed by atoms with E-state index in [-0.39, 0.29) is 17.2 Å². The van der Waals surface area contributed by atoms with E-state index < -0.39 is 11.3 Å². The fourth-order valence-electron chi connectivity index (χ4n) is 1.02. The van der Waals surface area contributed by atoms with Crippen molar-refractivity contribution in [3.05, 3.63) is 29.8 Å². The van der Waals surface area contributed by atoms with Crippen molar-refractivity contribution in [1.82, 2.24) is 10.9 Å². The highest BCUT2D eigenvalue weighted by Crippen LogP contribution is 2.12. The maximum Gasteiger partial charge on any atom is 0.269 e. The smallest absolute Gasteiger partial charge is 0.269 e. The highest BCUT2D eigenvalue weighted by Gasteiger charge is 2.21. The van der Waals surface area contributed by atoms with Crippen LogP contribution in [-0.4, -0.2) is 16.9 Å². The lowest BCUT2D eigenvalue weighted by molar-refractivity contribution is -0.129. The van der Waals surface area contributed by atoms with Gasteiger partial charge >= 0.3 is 0 Å². The third-order valence-corrected chi connectivity index (χ3v) is 2.08. The van der Waals surface area contributed by atoms with E-state index in [4.69, 9.17) is 0 Å². The molecule has 1 aromatic rings. The van der Waals surface area contributed by atoms with Crippen molar-refractivity contribution in [3.63, 3.8) is 0 Å². The number of aromatic hydroxyl groups is 1. The van der Waals surface area contributed by atoms with Gasteiger partial charge in [0.2, 0.25) is 5.91 Å². The van der Waals surface area contributed by atoms with Crippen molar-refractivity contribution in [1.29, 1.82) is 0 Å². The second-order valence-corrected chi connectivity index (χ2v) is 4.71. The maximum absolute atomic E-state index is 11.6. The minimum absolute atomic E-state index is 0.000187. The molecule has 0 spiro atoms. The molecule has 2 amide bonds. The van der Waals surface area contributed by atoms with E-state index in [1.807, 2.05) is 0 Å². The zero-order valence-corrected chi connectivity index (χ0v) is 10.1. The van der Waals surface area contributed by atoms with Gasteiger partial charge in [-0.25, -0.2) is 0 Å². The molecular formula is C12H16N2O3. The fourth-order valence-corrected chi connectivity index (χ4v) is 1.02. The lowest BCUT2D eigenvalue weighted by Gasteiger charge is -2.17. The SMILES string of the molecule is CC(C)(C)C(=O)NNC(=O)c1cccc(O)c1. The first-order chi connectivity index (χ1) is 7.80. The van der Waals surface area contributed by atoms with Crippen LogP contribution in [0.2, 0.25) is 0 Å². The Morgan fingerprint density at radius 2 is 1.82 bits per heavy atom. The van der Waals surface area contributed by atoms with E-state index in [2.05, 4.69) is 10.9 Å². The molecule has 5 heteroatoms. The van der Waals surface area contributed by atoms with Crippen LogP contribution in [0.1, 0.15) is 31.1 Å². The molecule has 5 nitrogen and oxygen atoms in total. The summed E-state index contributed by atoms with van der Waals surface area (Å²) in [4.78, 5) is 23.1. The van der Waals surface area contributed by atoms with Crippen LogP contribution in [0.15, 0.2) is 24.3 Å². The summed E-state index contributed by atoms with van der Waals surface area (Å²) >= 11 is 0. The number of amides is 2. The van der Waals surface area contributed by atoms with Crippen molar-refractivity contribution >= 4 is 11.8 Å². The first kappa shape index (κ1) is 13.0. The van der Waals surface area contributed by atoms with Crippen LogP contribution in [0.3, 0.4) is 0 Å². The number of benzene rings is 1. The second kappa shape index (κ2) is 4.86. The van der Waals surface area contributed by atoms with Gasteiger partial charge in [-0.3, -0.25) is 20.4 Å². The Kier molecular flexibility index (Phi) is 3.73. The Balaban J connectivity index is 2.60. The van der Waals surface area contributed by atoms with Gasteiger partial charge < -0.3 is 5.11 Å². The Morgan fingerprint density at radius 3 is 2.35 bits per heavy atom. The molecule has 0 unspecified atom stereocenters. The highest BCUT2D eigenvalue weighted by molar-refractivity contribution is 5.96. The number of carbonyl (C=O) groups is 2. The minimum atomic E-state index is -0.577. The predicted molar refractivity (Wildman–Crippen MR) is 63.2 cm³/mol. The quantitative estimate of drug-likeness (QED) is 0.641. The molecule has 0 aliphatic rings. The highest BCUT2D eigenvalue weighted by atomic mass is 16.3. The molecule has 0 atom stereocenters. The van der Waals surface area contributed by atoms with Crippen molar-refractivity contribution in [2.75, 3.05) is 0 Å². The van der Waals surface area contributed by atoms with Gasteiger partial charge in [-0.05, 0) is 18.2 Å². The number of nitrogens with one attached hydrogen (secondary N) is 2. The molecule has 0 aliphatic heterocycles. The van der Waals surface area contributed by atoms with Crippen LogP contribution >= 0.6 is 0 Å². The Labute approximate surface area is 99.8 Å². The third-order valence-electron chi connectivity index (χ3n) is 2.08. The maximum atomic E-state index is 11.6. The average Bonchev–Trinajstić information content (AvgIpc) is 2.24. The summed E-state index contributed by atoms with van der Waals surface area (Å²) in [6, 6.07) is 5.87. The fraction of sp³-hybridized carbons (Fsp3) is 0.333. The molecule has 0 radical (unpaired) electrons. The van der Waals surface area contributed by atoms with Gasteiger partial charge in [-0.15, -0.1) is 0 Å². The number of hydrazine groups is 1. The number of phenolic OH excluding ortho intramolecular Hbond substituents is 1. The van der Waals surface area contributed by atoms with E-state index in [0.717, 1.165) is 0 Å². The summed E-state index contributed by atoms with van der Waals surface area (Å²) in [6.45, 7) is 5.22. The van der Waals surface area contributed by atoms with E-state index >= 15 is 0 Å². The van der Waals surface area contributed by atoms with E-state index in [9.17, 15) is 14.7 Å². The lowest BCUT2D eigenvalue weighted by atomic mass is 9.96. The lowest BCUT2D eigenvalue weighted by Crippen LogP contribution is -2.46. The zero-order valence-electron chi connectivity index (χ0n) is 10.1. The second-order valence-electron chi connectivity index (χ2n) is 4.71. The van der Waals surface area contributed by atoms with Gasteiger partial charge in [0.1, 0.15) is 5.75 Å². The van der Waals surface area contributed by atoms with Crippen LogP contribution in [-0.2, 0) is 4.79 Å². The van der Waals surface area contributed by atoms with Gasteiger partial charge in [-0.1, -0.05) is 26.8 Å². The molecule has 0 bridgehead atoms. The van der Waals surface area contributed by atoms with Crippen LogP contribution in [0, 0.1) is 5.41 Å². The molecule has 0 fully saturated rings. The molecule has 0 saturated carbocycles. The van der Waals surface area contributed by atoms with Crippen LogP contribution in [0.4, 0.5) is 0 Å². The Morgan fingerprint density at radius 1 is 1.18 bits per heavy atom. The number of carbonyl (C=O) groups excluding carboxylic acids is 2. The molecule has 92 valence electrons. The van der Waals surface area contributed by atoms with Gasteiger partial charge in [-0.2, -0.15) is 0 Å². The first-order valence-electron chi connectivity index (χ1n) is 5.20. The molecular weight excluding hydrogens is 220 g/mol. The third kappa shape index (κ3) is 3.79. The Hall–Kier alpha value is -2.04. The molecule has 1 rings (SSSR count). The van der Waals surface area contributed by atoms with Crippen molar-refractivity contribution < 1.29 is 14.7 Å². The van der Waals surface area contributed by atoms with E-state index in [1.54, 1.807) is 26.8 Å². The summed E-state index contributed by atoms with van der Waals surface area (Å²) in [6.07, 6.45) is 0. The number of hydrogen-bond acceptors (Lipinski definition) is 3. The predicted octanol–water partition coefficient (Wildman–Crippen LogP) is 1.20. The number of hydrogen-bond donors (Lipinski definition) is 3. The van der Waals surface area contributed by atoms with Crippen molar-refractivity contribution in [2.45, 2.75) is 20.8 Å². The van der Waals surface area contributed by atoms with E-state index in [1.165, 1.54) is 18.2 Å². The van der Waals surface area contributed by atoms with Gasteiger partial charge in [0.25, 0.3) is 5.91 Å². The number of phenols is 1. The largest absolute Gasteiger partial charge is 0.508 e. The van der Waals surface area contributed by atoms with Crippen molar-refractivity contribution in [2.24, 2.45) is 5.41 Å². The monoisotopic (exact) mass is 236 g/mol. The van der Waals surface area contributed by atoms with Crippen LogP contribution < -0.4 is 10.9 Å². The molecule has 0 aliphatic carbocycles. The molecule has 0 heterocycles. The zero-order chi connectivity index (χ0) is 13.1. The number of rotatable bonds is 1. The molecule has 3 N–H and O–H groups in total.